The van der Waals surface area contributed by atoms with Crippen LogP contribution in [0.4, 0.5) is 0 Å². The van der Waals surface area contributed by atoms with E-state index in [1.807, 2.05) is 30.5 Å². The lowest BCUT2D eigenvalue weighted by molar-refractivity contribution is 0.399. The summed E-state index contributed by atoms with van der Waals surface area (Å²) < 4.78 is 10.9. The molecule has 5 heteroatoms. The van der Waals surface area contributed by atoms with Gasteiger partial charge in [-0.1, -0.05) is 24.4 Å². The zero-order chi connectivity index (χ0) is 16.2. The Labute approximate surface area is 140 Å². The molecule has 4 nitrogen and oxygen atoms in total. The summed E-state index contributed by atoms with van der Waals surface area (Å²) in [5.41, 5.74) is 3.17. The third-order valence-corrected chi connectivity index (χ3v) is 4.48. The molecule has 0 spiro atoms. The summed E-state index contributed by atoms with van der Waals surface area (Å²) >= 11 is 1.61. The molecule has 0 N–H and O–H groups in total. The van der Waals surface area contributed by atoms with Crippen molar-refractivity contribution in [1.82, 2.24) is 9.88 Å². The molecular weight excluding hydrogens is 308 g/mol. The Morgan fingerprint density at radius 3 is 2.78 bits per heavy atom. The van der Waals surface area contributed by atoms with Crippen molar-refractivity contribution in [3.63, 3.8) is 0 Å². The maximum absolute atomic E-state index is 5.52. The number of methoxy groups -OCH3 is 2. The van der Waals surface area contributed by atoms with Gasteiger partial charge < -0.3 is 14.4 Å². The van der Waals surface area contributed by atoms with Crippen molar-refractivity contribution in [1.29, 1.82) is 0 Å². The maximum Gasteiger partial charge on any atom is 0.128 e. The van der Waals surface area contributed by atoms with E-state index in [1.54, 1.807) is 32.2 Å². The highest BCUT2D eigenvalue weighted by atomic mass is 32.2. The van der Waals surface area contributed by atoms with Gasteiger partial charge in [0.1, 0.15) is 11.5 Å². The van der Waals surface area contributed by atoms with E-state index in [4.69, 9.17) is 9.47 Å². The van der Waals surface area contributed by atoms with Crippen molar-refractivity contribution in [2.24, 2.45) is 0 Å². The van der Waals surface area contributed by atoms with Gasteiger partial charge in [0.05, 0.1) is 31.5 Å². The highest BCUT2D eigenvalue weighted by Gasteiger charge is 2.24. The largest absolute Gasteiger partial charge is 0.497 e. The van der Waals surface area contributed by atoms with E-state index in [0.29, 0.717) is 6.54 Å². The Balaban J connectivity index is 1.96. The minimum Gasteiger partial charge on any atom is -0.497 e. The lowest BCUT2D eigenvalue weighted by Crippen LogP contribution is -2.16. The molecule has 1 aromatic heterocycles. The molecule has 0 saturated carbocycles. The van der Waals surface area contributed by atoms with Crippen LogP contribution in [0.5, 0.6) is 11.5 Å². The molecule has 2 aromatic rings. The average molecular weight is 326 g/mol. The van der Waals surface area contributed by atoms with Crippen molar-refractivity contribution in [2.75, 3.05) is 14.2 Å². The first kappa shape index (κ1) is 15.5. The smallest absolute Gasteiger partial charge is 0.128 e. The third-order valence-electron chi connectivity index (χ3n) is 3.64. The van der Waals surface area contributed by atoms with Crippen LogP contribution in [-0.2, 0) is 6.54 Å². The SMILES string of the molecule is C=C1SC=C(c2cc(OC)ccc2OC)N1Cc1cccnc1. The minimum absolute atomic E-state index is 0.714. The quantitative estimate of drug-likeness (QED) is 0.826. The zero-order valence-electron chi connectivity index (χ0n) is 13.2. The lowest BCUT2D eigenvalue weighted by Gasteiger charge is -2.24. The number of hydrogen-bond donors (Lipinski definition) is 0. The molecule has 118 valence electrons. The van der Waals surface area contributed by atoms with E-state index in [-0.39, 0.29) is 0 Å². The molecule has 0 unspecified atom stereocenters. The fourth-order valence-electron chi connectivity index (χ4n) is 2.46. The van der Waals surface area contributed by atoms with Crippen LogP contribution in [0.2, 0.25) is 0 Å². The molecule has 0 saturated heterocycles. The van der Waals surface area contributed by atoms with Gasteiger partial charge in [-0.15, -0.1) is 0 Å². The van der Waals surface area contributed by atoms with Crippen LogP contribution in [-0.4, -0.2) is 24.1 Å². The molecule has 23 heavy (non-hydrogen) atoms. The molecular formula is C18H18N2O2S. The first-order valence-corrected chi connectivity index (χ1v) is 8.05. The highest BCUT2D eigenvalue weighted by Crippen LogP contribution is 2.43. The summed E-state index contributed by atoms with van der Waals surface area (Å²) in [7, 11) is 3.34. The van der Waals surface area contributed by atoms with Crippen LogP contribution in [0.3, 0.4) is 0 Å². The minimum atomic E-state index is 0.714. The molecule has 1 aliphatic heterocycles. The predicted octanol–water partition coefficient (Wildman–Crippen LogP) is 4.12. The van der Waals surface area contributed by atoms with E-state index in [9.17, 15) is 0 Å². The normalized spacial score (nSPS) is 13.9. The van der Waals surface area contributed by atoms with E-state index >= 15 is 0 Å². The summed E-state index contributed by atoms with van der Waals surface area (Å²) in [5.74, 6) is 1.61. The van der Waals surface area contributed by atoms with Crippen LogP contribution in [0, 0.1) is 0 Å². The van der Waals surface area contributed by atoms with Crippen molar-refractivity contribution < 1.29 is 9.47 Å². The summed E-state index contributed by atoms with van der Waals surface area (Å²) in [6, 6.07) is 9.80. The first-order valence-electron chi connectivity index (χ1n) is 7.17. The number of aromatic nitrogens is 1. The standard InChI is InChI=1S/C18H18N2O2S/c1-13-20(11-14-5-4-8-19-10-14)17(12-23-13)16-9-15(21-2)6-7-18(16)22-3/h4-10,12H,1,11H2,2-3H3. The zero-order valence-corrected chi connectivity index (χ0v) is 14.0. The molecule has 0 aliphatic carbocycles. The van der Waals surface area contributed by atoms with Gasteiger partial charge in [0.25, 0.3) is 0 Å². The van der Waals surface area contributed by atoms with Crippen LogP contribution >= 0.6 is 11.8 Å². The molecule has 0 fully saturated rings. The van der Waals surface area contributed by atoms with Gasteiger partial charge in [0.15, 0.2) is 0 Å². The van der Waals surface area contributed by atoms with E-state index < -0.39 is 0 Å². The number of ether oxygens (including phenoxy) is 2. The number of thioether (sulfide) groups is 1. The second-order valence-electron chi connectivity index (χ2n) is 5.03. The Hall–Kier alpha value is -2.40. The number of benzene rings is 1. The Bertz CT molecular complexity index is 744. The predicted molar refractivity (Wildman–Crippen MR) is 94.0 cm³/mol. The molecule has 0 amide bonds. The Morgan fingerprint density at radius 1 is 1.22 bits per heavy atom. The lowest BCUT2D eigenvalue weighted by atomic mass is 10.1. The highest BCUT2D eigenvalue weighted by molar-refractivity contribution is 8.06. The topological polar surface area (TPSA) is 34.6 Å². The molecule has 0 bridgehead atoms. The Kier molecular flexibility index (Phi) is 4.57. The second-order valence-corrected chi connectivity index (χ2v) is 5.97. The summed E-state index contributed by atoms with van der Waals surface area (Å²) in [6.45, 7) is 4.86. The molecule has 2 heterocycles. The molecule has 3 rings (SSSR count). The summed E-state index contributed by atoms with van der Waals surface area (Å²) in [5, 5.41) is 3.07. The summed E-state index contributed by atoms with van der Waals surface area (Å²) in [4.78, 5) is 6.35. The van der Waals surface area contributed by atoms with Gasteiger partial charge in [-0.2, -0.15) is 0 Å². The number of rotatable bonds is 5. The fraction of sp³-hybridized carbons (Fsp3) is 0.167. The molecule has 0 atom stereocenters. The van der Waals surface area contributed by atoms with Crippen LogP contribution in [0.25, 0.3) is 5.70 Å². The van der Waals surface area contributed by atoms with E-state index in [0.717, 1.165) is 33.4 Å². The van der Waals surface area contributed by atoms with Crippen molar-refractivity contribution in [3.8, 4) is 11.5 Å². The Morgan fingerprint density at radius 2 is 2.09 bits per heavy atom. The van der Waals surface area contributed by atoms with Crippen LogP contribution in [0.15, 0.2) is 59.7 Å². The van der Waals surface area contributed by atoms with Gasteiger partial charge in [-0.05, 0) is 29.8 Å². The first-order chi connectivity index (χ1) is 11.2. The second kappa shape index (κ2) is 6.79. The fourth-order valence-corrected chi connectivity index (χ4v) is 3.25. The average Bonchev–Trinajstić information content (AvgIpc) is 2.96. The van der Waals surface area contributed by atoms with Gasteiger partial charge in [-0.3, -0.25) is 4.98 Å². The van der Waals surface area contributed by atoms with Crippen LogP contribution < -0.4 is 9.47 Å². The van der Waals surface area contributed by atoms with E-state index in [1.165, 1.54) is 0 Å². The third kappa shape index (κ3) is 3.19. The van der Waals surface area contributed by atoms with Crippen LogP contribution in [0.1, 0.15) is 11.1 Å². The molecule has 1 aliphatic rings. The van der Waals surface area contributed by atoms with Gasteiger partial charge in [-0.25, -0.2) is 0 Å². The van der Waals surface area contributed by atoms with Gasteiger partial charge in [0.2, 0.25) is 0 Å². The monoisotopic (exact) mass is 326 g/mol. The molecule has 0 radical (unpaired) electrons. The van der Waals surface area contributed by atoms with Crippen molar-refractivity contribution in [2.45, 2.75) is 6.54 Å². The maximum atomic E-state index is 5.52. The molecule has 1 aromatic carbocycles. The number of nitrogens with zero attached hydrogens (tertiary/aromatic N) is 2. The number of hydrogen-bond acceptors (Lipinski definition) is 5. The van der Waals surface area contributed by atoms with Crippen molar-refractivity contribution >= 4 is 17.5 Å². The van der Waals surface area contributed by atoms with Crippen molar-refractivity contribution in [3.05, 3.63) is 70.9 Å². The van der Waals surface area contributed by atoms with Gasteiger partial charge >= 0.3 is 0 Å². The summed E-state index contributed by atoms with van der Waals surface area (Å²) in [6.07, 6.45) is 3.65. The van der Waals surface area contributed by atoms with E-state index in [2.05, 4.69) is 27.9 Å². The van der Waals surface area contributed by atoms with Gasteiger partial charge in [0, 0.05) is 23.4 Å². The number of pyridine rings is 1.